The molecular weight excluding hydrogens is 423 g/mol. The average molecular weight is 441 g/mol. The Balaban J connectivity index is 0.00000180. The first-order valence-corrected chi connectivity index (χ1v) is 5.95. The summed E-state index contributed by atoms with van der Waals surface area (Å²) in [6.45, 7) is 4.12. The summed E-state index contributed by atoms with van der Waals surface area (Å²) in [7, 11) is 3.28. The summed E-state index contributed by atoms with van der Waals surface area (Å²) < 4.78 is 12.7. The summed E-state index contributed by atoms with van der Waals surface area (Å²) >= 11 is 0. The number of hydrogen-bond acceptors (Lipinski definition) is 3. The zero-order valence-corrected chi connectivity index (χ0v) is 13.8. The largest absolute Gasteiger partial charge is 0.481 e. The smallest absolute Gasteiger partial charge is 0.244 e. The van der Waals surface area contributed by atoms with E-state index in [1.54, 1.807) is 14.2 Å². The van der Waals surface area contributed by atoms with E-state index in [1.165, 1.54) is 0 Å². The van der Waals surface area contributed by atoms with Gasteiger partial charge in [-0.15, -0.1) is 5.10 Å². The van der Waals surface area contributed by atoms with Gasteiger partial charge in [0, 0.05) is 21.1 Å². The fraction of sp³-hybridized carbons (Fsp3) is 0.357. The Hall–Kier alpha value is -1.28. The first-order valence-electron chi connectivity index (χ1n) is 5.95. The molecular formula is C14H18N2O2Pt. The molecule has 0 saturated carbocycles. The molecule has 1 aromatic heterocycles. The molecule has 4 nitrogen and oxygen atoms in total. The molecule has 106 valence electrons. The second-order valence-corrected chi connectivity index (χ2v) is 4.30. The summed E-state index contributed by atoms with van der Waals surface area (Å²) in [6.07, 6.45) is 0. The van der Waals surface area contributed by atoms with Crippen LogP contribution in [0.5, 0.6) is 11.8 Å². The normalized spacial score (nSPS) is 10.2. The van der Waals surface area contributed by atoms with Gasteiger partial charge < -0.3 is 9.47 Å². The van der Waals surface area contributed by atoms with Gasteiger partial charge >= 0.3 is 0 Å². The molecule has 0 aliphatic rings. The van der Waals surface area contributed by atoms with E-state index in [0.717, 1.165) is 17.0 Å². The number of ether oxygens (including phenoxy) is 2. The van der Waals surface area contributed by atoms with E-state index in [-0.39, 0.29) is 27.1 Å². The van der Waals surface area contributed by atoms with E-state index in [1.807, 2.05) is 35.0 Å². The van der Waals surface area contributed by atoms with Gasteiger partial charge in [-0.05, 0) is 19.4 Å². The van der Waals surface area contributed by atoms with E-state index < -0.39 is 0 Å². The van der Waals surface area contributed by atoms with Gasteiger partial charge in [0.1, 0.15) is 5.56 Å². The maximum Gasteiger partial charge on any atom is 0.244 e. The average Bonchev–Trinajstić information content (AvgIpc) is 2.78. The Bertz CT molecular complexity index is 524. The Kier molecular flexibility index (Phi) is 5.61. The number of nitrogens with zero attached hydrogens (tertiary/aromatic N) is 2. The van der Waals surface area contributed by atoms with Crippen molar-refractivity contribution in [2.24, 2.45) is 0 Å². The van der Waals surface area contributed by atoms with Crippen molar-refractivity contribution in [3.05, 3.63) is 30.3 Å². The second-order valence-electron chi connectivity index (χ2n) is 4.30. The van der Waals surface area contributed by atoms with Crippen LogP contribution in [0.1, 0.15) is 19.9 Å². The monoisotopic (exact) mass is 441 g/mol. The van der Waals surface area contributed by atoms with Gasteiger partial charge in [0.15, 0.2) is 0 Å². The predicted octanol–water partition coefficient (Wildman–Crippen LogP) is 3.15. The van der Waals surface area contributed by atoms with Crippen LogP contribution < -0.4 is 9.47 Å². The minimum absolute atomic E-state index is 0. The van der Waals surface area contributed by atoms with Crippen LogP contribution in [-0.2, 0) is 21.1 Å². The van der Waals surface area contributed by atoms with Crippen LogP contribution in [0.25, 0.3) is 11.1 Å². The molecule has 0 N–H and O–H groups in total. The number of hydrogen-bond donors (Lipinski definition) is 0. The third-order valence-electron chi connectivity index (χ3n) is 2.77. The van der Waals surface area contributed by atoms with Crippen LogP contribution in [0.4, 0.5) is 0 Å². The Labute approximate surface area is 128 Å². The van der Waals surface area contributed by atoms with E-state index in [4.69, 9.17) is 9.47 Å². The molecule has 2 aromatic rings. The summed E-state index contributed by atoms with van der Waals surface area (Å²) in [4.78, 5) is 0. The van der Waals surface area contributed by atoms with Gasteiger partial charge in [-0.3, -0.25) is 0 Å². The second kappa shape index (κ2) is 6.76. The zero-order chi connectivity index (χ0) is 13.1. The van der Waals surface area contributed by atoms with E-state index in [2.05, 4.69) is 18.9 Å². The van der Waals surface area contributed by atoms with Crippen molar-refractivity contribution in [1.82, 2.24) is 9.78 Å². The van der Waals surface area contributed by atoms with Gasteiger partial charge in [0.05, 0.1) is 20.3 Å². The molecule has 0 bridgehead atoms. The molecule has 0 aliphatic heterocycles. The number of benzene rings is 1. The summed E-state index contributed by atoms with van der Waals surface area (Å²) in [5.74, 6) is 1.32. The molecule has 5 heteroatoms. The van der Waals surface area contributed by atoms with Crippen molar-refractivity contribution in [2.75, 3.05) is 14.2 Å². The van der Waals surface area contributed by atoms with Crippen molar-refractivity contribution in [2.45, 2.75) is 19.9 Å². The van der Waals surface area contributed by atoms with Crippen LogP contribution in [0.2, 0.25) is 0 Å². The Morgan fingerprint density at radius 3 is 2.16 bits per heavy atom. The van der Waals surface area contributed by atoms with Crippen molar-refractivity contribution in [3.63, 3.8) is 0 Å². The third-order valence-corrected chi connectivity index (χ3v) is 2.77. The van der Waals surface area contributed by atoms with Crippen LogP contribution in [0.3, 0.4) is 0 Å². The maximum atomic E-state index is 5.50. The zero-order valence-electron chi connectivity index (χ0n) is 11.5. The molecule has 0 unspecified atom stereocenters. The van der Waals surface area contributed by atoms with E-state index >= 15 is 0 Å². The van der Waals surface area contributed by atoms with Crippen LogP contribution in [0, 0.1) is 0 Å². The first-order chi connectivity index (χ1) is 8.69. The summed E-state index contributed by atoms with van der Waals surface area (Å²) in [5.41, 5.74) is 1.94. The molecule has 0 radical (unpaired) electrons. The van der Waals surface area contributed by atoms with Crippen molar-refractivity contribution >= 4 is 0 Å². The molecule has 19 heavy (non-hydrogen) atoms. The summed E-state index contributed by atoms with van der Waals surface area (Å²) in [5, 5.41) is 4.44. The van der Waals surface area contributed by atoms with Gasteiger partial charge in [-0.1, -0.05) is 30.3 Å². The van der Waals surface area contributed by atoms with Crippen LogP contribution >= 0.6 is 0 Å². The van der Waals surface area contributed by atoms with Crippen molar-refractivity contribution in [1.29, 1.82) is 0 Å². The van der Waals surface area contributed by atoms with Crippen LogP contribution in [0.15, 0.2) is 30.3 Å². The molecule has 2 rings (SSSR count). The fourth-order valence-electron chi connectivity index (χ4n) is 1.94. The molecule has 0 spiro atoms. The van der Waals surface area contributed by atoms with Gasteiger partial charge in [-0.2, -0.15) is 0 Å². The number of aromatic nitrogens is 2. The predicted molar refractivity (Wildman–Crippen MR) is 71.2 cm³/mol. The van der Waals surface area contributed by atoms with Crippen LogP contribution in [-0.4, -0.2) is 24.0 Å². The SMILES string of the molecule is COc1nn(C(C)C)c(OC)c1-c1ccccc1.[Pt]. The topological polar surface area (TPSA) is 36.3 Å². The Morgan fingerprint density at radius 2 is 1.68 bits per heavy atom. The van der Waals surface area contributed by atoms with E-state index in [9.17, 15) is 0 Å². The minimum atomic E-state index is 0. The Morgan fingerprint density at radius 1 is 1.05 bits per heavy atom. The van der Waals surface area contributed by atoms with Crippen molar-refractivity contribution in [3.8, 4) is 22.9 Å². The van der Waals surface area contributed by atoms with Gasteiger partial charge in [-0.25, -0.2) is 4.68 Å². The fourth-order valence-corrected chi connectivity index (χ4v) is 1.94. The number of methoxy groups -OCH3 is 2. The van der Waals surface area contributed by atoms with E-state index in [0.29, 0.717) is 5.88 Å². The third kappa shape index (κ3) is 3.00. The molecule has 0 aliphatic carbocycles. The van der Waals surface area contributed by atoms with Gasteiger partial charge in [0.25, 0.3) is 0 Å². The molecule has 1 heterocycles. The standard InChI is InChI=1S/C14H18N2O2.Pt/c1-10(2)16-14(18-4)12(13(15-16)17-3)11-8-6-5-7-9-11;/h5-10H,1-4H3;. The maximum absolute atomic E-state index is 5.50. The van der Waals surface area contributed by atoms with Crippen molar-refractivity contribution < 1.29 is 30.5 Å². The van der Waals surface area contributed by atoms with Gasteiger partial charge in [0.2, 0.25) is 11.8 Å². The molecule has 0 atom stereocenters. The first kappa shape index (κ1) is 15.8. The molecule has 1 aromatic carbocycles. The molecule has 0 saturated heterocycles. The summed E-state index contributed by atoms with van der Waals surface area (Å²) in [6, 6.07) is 10.2. The minimum Gasteiger partial charge on any atom is -0.481 e. The molecule has 0 amide bonds. The quantitative estimate of drug-likeness (QED) is 0.732. The molecule has 0 fully saturated rings. The number of rotatable bonds is 4.